The summed E-state index contributed by atoms with van der Waals surface area (Å²) in [5.41, 5.74) is 8.03. The molecule has 1 rings (SSSR count). The molecule has 3 N–H and O–H groups in total. The zero-order valence-electron chi connectivity index (χ0n) is 10.8. The van der Waals surface area contributed by atoms with Gasteiger partial charge >= 0.3 is 0 Å². The molecule has 0 spiro atoms. The molecule has 0 fully saturated rings. The van der Waals surface area contributed by atoms with Crippen molar-refractivity contribution >= 4 is 0 Å². The Kier molecular flexibility index (Phi) is 9.68. The third-order valence-corrected chi connectivity index (χ3v) is 2.54. The van der Waals surface area contributed by atoms with Crippen molar-refractivity contribution < 1.29 is 9.50 Å². The quantitative estimate of drug-likeness (QED) is 0.803. The molecule has 0 bridgehead atoms. The number of hydrogen-bond acceptors (Lipinski definition) is 2. The van der Waals surface area contributed by atoms with Gasteiger partial charge in [-0.2, -0.15) is 0 Å². The number of aryl methyl sites for hydroxylation is 1. The second kappa shape index (κ2) is 10.2. The summed E-state index contributed by atoms with van der Waals surface area (Å²) in [6.45, 7) is 1.74. The minimum Gasteiger partial charge on any atom is -0.400 e. The number of hydrogen-bond donors (Lipinski definition) is 2. The van der Waals surface area contributed by atoms with E-state index in [4.69, 9.17) is 10.8 Å². The summed E-state index contributed by atoms with van der Waals surface area (Å²) >= 11 is 0. The van der Waals surface area contributed by atoms with Crippen LogP contribution in [0.15, 0.2) is 24.3 Å². The number of nitrogens with two attached hydrogens (primary N) is 1. The molecule has 1 aromatic rings. The number of halogens is 1. The number of rotatable bonds is 6. The van der Waals surface area contributed by atoms with Crippen molar-refractivity contribution in [2.24, 2.45) is 5.73 Å². The van der Waals surface area contributed by atoms with Crippen molar-refractivity contribution in [3.05, 3.63) is 35.4 Å². The highest BCUT2D eigenvalue weighted by molar-refractivity contribution is 5.23. The van der Waals surface area contributed by atoms with Gasteiger partial charge in [-0.3, -0.25) is 0 Å². The van der Waals surface area contributed by atoms with Crippen molar-refractivity contribution in [1.29, 1.82) is 0 Å². The van der Waals surface area contributed by atoms with Crippen LogP contribution in [0.4, 0.5) is 4.39 Å². The lowest BCUT2D eigenvalue weighted by atomic mass is 10.0. The summed E-state index contributed by atoms with van der Waals surface area (Å²) in [6, 6.07) is 8.00. The molecular formula is C14H24FNO. The molecule has 17 heavy (non-hydrogen) atoms. The third kappa shape index (κ3) is 7.08. The Labute approximate surface area is 104 Å². The van der Waals surface area contributed by atoms with Crippen LogP contribution in [0, 0.1) is 0 Å². The van der Waals surface area contributed by atoms with E-state index in [1.807, 2.05) is 0 Å². The average molecular weight is 241 g/mol. The molecule has 1 atom stereocenters. The number of unbranched alkanes of at least 4 members (excludes halogenated alkanes) is 1. The van der Waals surface area contributed by atoms with Gasteiger partial charge in [-0.1, -0.05) is 37.6 Å². The summed E-state index contributed by atoms with van der Waals surface area (Å²) in [5.74, 6) is 0. The van der Waals surface area contributed by atoms with Crippen molar-refractivity contribution in [2.75, 3.05) is 13.8 Å². The van der Waals surface area contributed by atoms with E-state index >= 15 is 0 Å². The Hall–Kier alpha value is -0.930. The van der Waals surface area contributed by atoms with E-state index in [0.717, 1.165) is 19.1 Å². The Morgan fingerprint density at radius 2 is 1.71 bits per heavy atom. The molecule has 3 heteroatoms. The first kappa shape index (κ1) is 16.1. The molecule has 0 aromatic heterocycles. The Bertz CT molecular complexity index is 274. The second-order valence-electron chi connectivity index (χ2n) is 4.04. The number of benzene rings is 1. The lowest BCUT2D eigenvalue weighted by Crippen LogP contribution is -2.24. The third-order valence-electron chi connectivity index (χ3n) is 2.54. The lowest BCUT2D eigenvalue weighted by Gasteiger charge is -2.07. The molecule has 1 aromatic carbocycles. The number of aliphatic hydroxyl groups excluding tert-OH is 1. The van der Waals surface area contributed by atoms with Gasteiger partial charge in [-0.15, -0.1) is 0 Å². The van der Waals surface area contributed by atoms with Gasteiger partial charge < -0.3 is 10.8 Å². The minimum absolute atomic E-state index is 0.355. The molecule has 0 aliphatic rings. The second-order valence-corrected chi connectivity index (χ2v) is 4.04. The molecule has 98 valence electrons. The summed E-state index contributed by atoms with van der Waals surface area (Å²) in [4.78, 5) is 0. The van der Waals surface area contributed by atoms with E-state index in [0.29, 0.717) is 6.42 Å². The molecule has 0 aliphatic heterocycles. The average Bonchev–Trinajstić information content (AvgIpc) is 2.40. The minimum atomic E-state index is -0.447. The first-order valence-corrected chi connectivity index (χ1v) is 6.10. The first-order chi connectivity index (χ1) is 8.26. The molecule has 0 amide bonds. The van der Waals surface area contributed by atoms with E-state index in [9.17, 15) is 4.39 Å². The van der Waals surface area contributed by atoms with Crippen molar-refractivity contribution in [1.82, 2.24) is 0 Å². The van der Waals surface area contributed by atoms with Crippen LogP contribution in [-0.2, 0) is 12.8 Å². The summed E-state index contributed by atoms with van der Waals surface area (Å²) < 4.78 is 12.2. The van der Waals surface area contributed by atoms with Gasteiger partial charge in [0.25, 0.3) is 0 Å². The summed E-state index contributed by atoms with van der Waals surface area (Å²) in [5, 5.41) is 7.00. The monoisotopic (exact) mass is 241 g/mol. The van der Waals surface area contributed by atoms with Crippen molar-refractivity contribution in [3.63, 3.8) is 0 Å². The van der Waals surface area contributed by atoms with E-state index in [1.54, 1.807) is 0 Å². The molecule has 2 nitrogen and oxygen atoms in total. The van der Waals surface area contributed by atoms with Gasteiger partial charge in [0, 0.05) is 13.2 Å². The predicted molar refractivity (Wildman–Crippen MR) is 70.9 cm³/mol. The van der Waals surface area contributed by atoms with Gasteiger partial charge in [-0.05, 0) is 30.4 Å². The van der Waals surface area contributed by atoms with E-state index in [2.05, 4.69) is 31.2 Å². The molecule has 0 saturated heterocycles. The van der Waals surface area contributed by atoms with Crippen LogP contribution in [0.3, 0.4) is 0 Å². The fraction of sp³-hybridized carbons (Fsp3) is 0.571. The number of alkyl halides is 1. The standard InChI is InChI=1S/C13H20FN.CH4O/c1-2-3-4-11-5-7-12(8-6-11)9-13(15)10-14;1-2/h5-8,13H,2-4,9-10,15H2,1H3;2H,1H3. The van der Waals surface area contributed by atoms with Crippen LogP contribution in [0.2, 0.25) is 0 Å². The normalized spacial score (nSPS) is 11.6. The SMILES string of the molecule is CCCCc1ccc(CC(N)CF)cc1.CO. The highest BCUT2D eigenvalue weighted by atomic mass is 19.1. The fourth-order valence-electron chi connectivity index (χ4n) is 1.58. The highest BCUT2D eigenvalue weighted by Gasteiger charge is 2.02. The van der Waals surface area contributed by atoms with Crippen LogP contribution >= 0.6 is 0 Å². The largest absolute Gasteiger partial charge is 0.400 e. The van der Waals surface area contributed by atoms with Crippen LogP contribution in [-0.4, -0.2) is 24.9 Å². The van der Waals surface area contributed by atoms with Crippen LogP contribution in [0.25, 0.3) is 0 Å². The Morgan fingerprint density at radius 3 is 2.18 bits per heavy atom. The maximum atomic E-state index is 12.2. The molecule has 0 radical (unpaired) electrons. The molecule has 1 unspecified atom stereocenters. The topological polar surface area (TPSA) is 46.2 Å². The van der Waals surface area contributed by atoms with Crippen LogP contribution < -0.4 is 5.73 Å². The van der Waals surface area contributed by atoms with Crippen LogP contribution in [0.5, 0.6) is 0 Å². The molecule has 0 saturated carbocycles. The fourth-order valence-corrected chi connectivity index (χ4v) is 1.58. The smallest absolute Gasteiger partial charge is 0.105 e. The summed E-state index contributed by atoms with van der Waals surface area (Å²) in [6.07, 6.45) is 4.20. The van der Waals surface area contributed by atoms with Gasteiger partial charge in [-0.25, -0.2) is 4.39 Å². The van der Waals surface area contributed by atoms with Crippen molar-refractivity contribution in [2.45, 2.75) is 38.6 Å². The van der Waals surface area contributed by atoms with E-state index in [-0.39, 0.29) is 6.04 Å². The zero-order chi connectivity index (χ0) is 13.1. The van der Waals surface area contributed by atoms with Gasteiger partial charge in [0.05, 0.1) is 0 Å². The lowest BCUT2D eigenvalue weighted by molar-refractivity contribution is 0.399. The molecular weight excluding hydrogens is 217 g/mol. The predicted octanol–water partition coefficient (Wildman–Crippen LogP) is 2.48. The van der Waals surface area contributed by atoms with Crippen molar-refractivity contribution in [3.8, 4) is 0 Å². The van der Waals surface area contributed by atoms with Crippen LogP contribution in [0.1, 0.15) is 30.9 Å². The maximum absolute atomic E-state index is 12.2. The zero-order valence-corrected chi connectivity index (χ0v) is 10.8. The molecule has 0 heterocycles. The Balaban J connectivity index is 0.00000121. The maximum Gasteiger partial charge on any atom is 0.105 e. The Morgan fingerprint density at radius 1 is 1.18 bits per heavy atom. The highest BCUT2D eigenvalue weighted by Crippen LogP contribution is 2.09. The van der Waals surface area contributed by atoms with E-state index in [1.165, 1.54) is 18.4 Å². The molecule has 0 aliphatic carbocycles. The van der Waals surface area contributed by atoms with Gasteiger partial charge in [0.1, 0.15) is 6.67 Å². The van der Waals surface area contributed by atoms with Gasteiger partial charge in [0.15, 0.2) is 0 Å². The van der Waals surface area contributed by atoms with Gasteiger partial charge in [0.2, 0.25) is 0 Å². The number of aliphatic hydroxyl groups is 1. The summed E-state index contributed by atoms with van der Waals surface area (Å²) in [7, 11) is 1.00. The first-order valence-electron chi connectivity index (χ1n) is 6.10. The van der Waals surface area contributed by atoms with E-state index < -0.39 is 6.67 Å².